The van der Waals surface area contributed by atoms with Gasteiger partial charge in [-0.2, -0.15) is 0 Å². The van der Waals surface area contributed by atoms with Crippen LogP contribution in [0.25, 0.3) is 0 Å². The summed E-state index contributed by atoms with van der Waals surface area (Å²) in [6.07, 6.45) is 3.17. The number of nitrogens with one attached hydrogen (secondary N) is 1. The summed E-state index contributed by atoms with van der Waals surface area (Å²) in [6, 6.07) is 4.73. The fraction of sp³-hybridized carbons (Fsp3) is 0.333. The normalized spacial score (nSPS) is 11.5. The second-order valence-corrected chi connectivity index (χ2v) is 4.78. The maximum Gasteiger partial charge on any atom is 0.326 e. The lowest BCUT2D eigenvalue weighted by Crippen LogP contribution is -2.41. The van der Waals surface area contributed by atoms with Crippen LogP contribution in [0, 0.1) is 10.1 Å². The van der Waals surface area contributed by atoms with Gasteiger partial charge in [-0.25, -0.2) is 4.79 Å². The molecule has 0 radical (unpaired) electrons. The Morgan fingerprint density at radius 3 is 2.77 bits per heavy atom. The van der Waals surface area contributed by atoms with Crippen molar-refractivity contribution in [1.29, 1.82) is 0 Å². The second kappa shape index (κ2) is 8.56. The van der Waals surface area contributed by atoms with Crippen LogP contribution in [-0.2, 0) is 16.0 Å². The number of benzene rings is 1. The Balaban J connectivity index is 2.63. The van der Waals surface area contributed by atoms with Gasteiger partial charge in [0.1, 0.15) is 6.04 Å². The fourth-order valence-corrected chi connectivity index (χ4v) is 1.93. The van der Waals surface area contributed by atoms with Crippen molar-refractivity contribution in [2.24, 2.45) is 0 Å². The van der Waals surface area contributed by atoms with Gasteiger partial charge in [-0.3, -0.25) is 14.9 Å². The SMILES string of the molecule is C=CCCC[C@H](NC(=O)Cc1cccc([N+](=O)[O-])c1)C(=O)O. The predicted octanol–water partition coefficient (Wildman–Crippen LogP) is 2.06. The van der Waals surface area contributed by atoms with Gasteiger partial charge in [0.25, 0.3) is 5.69 Å². The summed E-state index contributed by atoms with van der Waals surface area (Å²) in [6.45, 7) is 3.55. The van der Waals surface area contributed by atoms with Crippen LogP contribution in [0.1, 0.15) is 24.8 Å². The molecule has 0 aliphatic rings. The van der Waals surface area contributed by atoms with E-state index in [1.165, 1.54) is 18.2 Å². The first kappa shape index (κ1) is 17.4. The molecule has 1 amide bonds. The van der Waals surface area contributed by atoms with Crippen molar-refractivity contribution >= 4 is 17.6 Å². The molecule has 1 atom stereocenters. The van der Waals surface area contributed by atoms with Crippen molar-refractivity contribution in [3.05, 3.63) is 52.6 Å². The third-order valence-electron chi connectivity index (χ3n) is 3.02. The minimum absolute atomic E-state index is 0.104. The van der Waals surface area contributed by atoms with Gasteiger partial charge < -0.3 is 10.4 Å². The van der Waals surface area contributed by atoms with Gasteiger partial charge in [0.15, 0.2) is 0 Å². The van der Waals surface area contributed by atoms with E-state index < -0.39 is 22.8 Å². The molecule has 7 nitrogen and oxygen atoms in total. The zero-order chi connectivity index (χ0) is 16.5. The van der Waals surface area contributed by atoms with E-state index in [9.17, 15) is 19.7 Å². The van der Waals surface area contributed by atoms with E-state index in [0.29, 0.717) is 24.8 Å². The molecule has 0 aromatic heterocycles. The van der Waals surface area contributed by atoms with Gasteiger partial charge in [0.2, 0.25) is 5.91 Å². The van der Waals surface area contributed by atoms with Crippen LogP contribution in [0.5, 0.6) is 0 Å². The number of allylic oxidation sites excluding steroid dienone is 1. The highest BCUT2D eigenvalue weighted by molar-refractivity contribution is 5.84. The summed E-state index contributed by atoms with van der Waals surface area (Å²) in [5, 5.41) is 22.2. The molecular formula is C15H18N2O5. The lowest BCUT2D eigenvalue weighted by molar-refractivity contribution is -0.384. The van der Waals surface area contributed by atoms with Crippen LogP contribution in [0.15, 0.2) is 36.9 Å². The number of rotatable bonds is 9. The summed E-state index contributed by atoms with van der Waals surface area (Å²) < 4.78 is 0. The first-order valence-electron chi connectivity index (χ1n) is 6.80. The topological polar surface area (TPSA) is 110 Å². The zero-order valence-electron chi connectivity index (χ0n) is 12.0. The lowest BCUT2D eigenvalue weighted by atomic mass is 10.1. The molecule has 0 bridgehead atoms. The summed E-state index contributed by atoms with van der Waals surface area (Å²) in [4.78, 5) is 33.1. The smallest absolute Gasteiger partial charge is 0.326 e. The Morgan fingerprint density at radius 1 is 1.45 bits per heavy atom. The highest BCUT2D eigenvalue weighted by Gasteiger charge is 2.19. The summed E-state index contributed by atoms with van der Waals surface area (Å²) in [7, 11) is 0. The maximum atomic E-state index is 11.9. The second-order valence-electron chi connectivity index (χ2n) is 4.78. The number of amides is 1. The molecule has 0 heterocycles. The number of carboxylic acid groups (broad SMARTS) is 1. The molecule has 22 heavy (non-hydrogen) atoms. The Morgan fingerprint density at radius 2 is 2.18 bits per heavy atom. The zero-order valence-corrected chi connectivity index (χ0v) is 12.0. The highest BCUT2D eigenvalue weighted by Crippen LogP contribution is 2.13. The van der Waals surface area contributed by atoms with Gasteiger partial charge in [0, 0.05) is 12.1 Å². The molecule has 0 spiro atoms. The van der Waals surface area contributed by atoms with E-state index in [1.54, 1.807) is 12.1 Å². The van der Waals surface area contributed by atoms with E-state index in [0.717, 1.165) is 0 Å². The molecule has 7 heteroatoms. The third kappa shape index (κ3) is 5.74. The van der Waals surface area contributed by atoms with Gasteiger partial charge >= 0.3 is 5.97 Å². The van der Waals surface area contributed by atoms with Crippen molar-refractivity contribution in [2.75, 3.05) is 0 Å². The predicted molar refractivity (Wildman–Crippen MR) is 80.4 cm³/mol. The van der Waals surface area contributed by atoms with E-state index in [2.05, 4.69) is 11.9 Å². The van der Waals surface area contributed by atoms with E-state index in [1.807, 2.05) is 0 Å². The average Bonchev–Trinajstić information content (AvgIpc) is 2.46. The molecule has 0 saturated carbocycles. The summed E-state index contributed by atoms with van der Waals surface area (Å²) in [5.41, 5.74) is 0.355. The molecule has 0 aliphatic heterocycles. The Bertz CT molecular complexity index is 571. The molecule has 0 fully saturated rings. The Labute approximate surface area is 127 Å². The van der Waals surface area contributed by atoms with Gasteiger partial charge in [-0.1, -0.05) is 18.2 Å². The molecule has 0 saturated heterocycles. The number of aliphatic carboxylic acids is 1. The molecular weight excluding hydrogens is 288 g/mol. The molecule has 0 aliphatic carbocycles. The van der Waals surface area contributed by atoms with Crippen LogP contribution in [0.2, 0.25) is 0 Å². The third-order valence-corrected chi connectivity index (χ3v) is 3.02. The Kier molecular flexibility index (Phi) is 6.75. The Hall–Kier alpha value is -2.70. The summed E-state index contributed by atoms with van der Waals surface area (Å²) in [5.74, 6) is -1.58. The van der Waals surface area contributed by atoms with Crippen molar-refractivity contribution in [3.8, 4) is 0 Å². The number of non-ortho nitro benzene ring substituents is 1. The van der Waals surface area contributed by atoms with Crippen LogP contribution in [0.3, 0.4) is 0 Å². The first-order chi connectivity index (χ1) is 10.4. The van der Waals surface area contributed by atoms with Crippen molar-refractivity contribution in [2.45, 2.75) is 31.7 Å². The monoisotopic (exact) mass is 306 g/mol. The van der Waals surface area contributed by atoms with Crippen LogP contribution >= 0.6 is 0 Å². The largest absolute Gasteiger partial charge is 0.480 e. The lowest BCUT2D eigenvalue weighted by Gasteiger charge is -2.14. The number of carboxylic acids is 1. The van der Waals surface area contributed by atoms with E-state index in [-0.39, 0.29) is 12.1 Å². The van der Waals surface area contributed by atoms with Crippen LogP contribution < -0.4 is 5.32 Å². The standard InChI is InChI=1S/C15H18N2O5/c1-2-3-4-8-13(15(19)20)16-14(18)10-11-6-5-7-12(9-11)17(21)22/h2,5-7,9,13H,1,3-4,8,10H2,(H,16,18)(H,19,20)/t13-/m0/s1. The van der Waals surface area contributed by atoms with Crippen LogP contribution in [-0.4, -0.2) is 27.9 Å². The number of hydrogen-bond donors (Lipinski definition) is 2. The quantitative estimate of drug-likeness (QED) is 0.314. The number of carbonyl (C=O) groups excluding carboxylic acids is 1. The molecule has 1 rings (SSSR count). The number of carbonyl (C=O) groups is 2. The number of hydrogen-bond acceptors (Lipinski definition) is 4. The van der Waals surface area contributed by atoms with Crippen molar-refractivity contribution in [3.63, 3.8) is 0 Å². The van der Waals surface area contributed by atoms with E-state index in [4.69, 9.17) is 5.11 Å². The van der Waals surface area contributed by atoms with Crippen molar-refractivity contribution in [1.82, 2.24) is 5.32 Å². The number of nitro groups is 1. The number of nitrogens with zero attached hydrogens (tertiary/aromatic N) is 1. The molecule has 1 aromatic rings. The number of nitro benzene ring substituents is 1. The molecule has 1 aromatic carbocycles. The molecule has 0 unspecified atom stereocenters. The van der Waals surface area contributed by atoms with Crippen LogP contribution in [0.4, 0.5) is 5.69 Å². The van der Waals surface area contributed by atoms with Gasteiger partial charge in [-0.05, 0) is 24.8 Å². The fourth-order valence-electron chi connectivity index (χ4n) is 1.93. The van der Waals surface area contributed by atoms with Crippen molar-refractivity contribution < 1.29 is 19.6 Å². The van der Waals surface area contributed by atoms with Gasteiger partial charge in [0.05, 0.1) is 11.3 Å². The molecule has 118 valence electrons. The maximum absolute atomic E-state index is 11.9. The average molecular weight is 306 g/mol. The van der Waals surface area contributed by atoms with E-state index >= 15 is 0 Å². The molecule has 2 N–H and O–H groups in total. The first-order valence-corrected chi connectivity index (χ1v) is 6.80. The minimum atomic E-state index is -1.10. The van der Waals surface area contributed by atoms with Gasteiger partial charge in [-0.15, -0.1) is 6.58 Å². The highest BCUT2D eigenvalue weighted by atomic mass is 16.6. The summed E-state index contributed by atoms with van der Waals surface area (Å²) >= 11 is 0. The minimum Gasteiger partial charge on any atom is -0.480 e. The number of unbranched alkanes of at least 4 members (excludes halogenated alkanes) is 1.